The maximum Gasteiger partial charge on any atom is 0.240 e. The van der Waals surface area contributed by atoms with E-state index in [-0.39, 0.29) is 5.91 Å². The number of nitrogens with two attached hydrogens (primary N) is 1. The molecule has 3 rings (SSSR count). The molecule has 0 aliphatic carbocycles. The summed E-state index contributed by atoms with van der Waals surface area (Å²) in [5, 5.41) is 3.70. The Labute approximate surface area is 162 Å². The summed E-state index contributed by atoms with van der Waals surface area (Å²) in [4.78, 5) is 12.3. The number of nitrogens with one attached hydrogen (secondary N) is 1. The van der Waals surface area contributed by atoms with Crippen molar-refractivity contribution in [3.8, 4) is 11.5 Å². The van der Waals surface area contributed by atoms with Crippen LogP contribution in [0, 0.1) is 0 Å². The van der Waals surface area contributed by atoms with Crippen LogP contribution in [0.3, 0.4) is 0 Å². The second-order valence-corrected chi connectivity index (χ2v) is 7.03. The quantitative estimate of drug-likeness (QED) is 0.805. The molecule has 1 aliphatic rings. The van der Waals surface area contributed by atoms with Crippen LogP contribution in [0.2, 0.25) is 10.0 Å². The number of hydrogen-bond acceptors (Lipinski definition) is 4. The molecule has 1 saturated heterocycles. The number of carbonyl (C=O) groups excluding carboxylic acids is 1. The summed E-state index contributed by atoms with van der Waals surface area (Å²) in [6.45, 7) is 1.43. The van der Waals surface area contributed by atoms with Gasteiger partial charge in [0.2, 0.25) is 5.91 Å². The molecule has 0 radical (unpaired) electrons. The smallest absolute Gasteiger partial charge is 0.240 e. The lowest BCUT2D eigenvalue weighted by molar-refractivity contribution is -0.129. The van der Waals surface area contributed by atoms with Crippen molar-refractivity contribution in [1.82, 2.24) is 5.32 Å². The topological polar surface area (TPSA) is 73.6 Å². The third-order valence-electron chi connectivity index (χ3n) is 4.36. The summed E-state index contributed by atoms with van der Waals surface area (Å²) in [6, 6.07) is 12.6. The molecule has 0 aromatic heterocycles. The molecule has 0 saturated carbocycles. The summed E-state index contributed by atoms with van der Waals surface area (Å²) in [5.41, 5.74) is 6.27. The average Bonchev–Trinajstić information content (AvgIpc) is 2.65. The molecule has 3 N–H and O–H groups in total. The fourth-order valence-corrected chi connectivity index (χ4v) is 3.02. The van der Waals surface area contributed by atoms with E-state index in [0.717, 1.165) is 5.56 Å². The third-order valence-corrected chi connectivity index (χ3v) is 5.16. The number of rotatable bonds is 5. The number of hydrogen-bond donors (Lipinski definition) is 2. The molecular formula is C19H20Cl2N2O3. The average molecular weight is 395 g/mol. The molecule has 0 bridgehead atoms. The fourth-order valence-electron chi connectivity index (χ4n) is 2.69. The van der Waals surface area contributed by atoms with Crippen LogP contribution in [-0.4, -0.2) is 24.7 Å². The van der Waals surface area contributed by atoms with Crippen molar-refractivity contribution in [2.24, 2.45) is 5.73 Å². The van der Waals surface area contributed by atoms with Crippen LogP contribution in [0.25, 0.3) is 0 Å². The number of carbonyl (C=O) groups is 1. The molecule has 1 fully saturated rings. The lowest BCUT2D eigenvalue weighted by Gasteiger charge is -2.31. The monoisotopic (exact) mass is 394 g/mol. The Balaban J connectivity index is 1.57. The first-order valence-corrected chi connectivity index (χ1v) is 9.09. The van der Waals surface area contributed by atoms with Gasteiger partial charge < -0.3 is 20.5 Å². The van der Waals surface area contributed by atoms with E-state index in [2.05, 4.69) is 5.32 Å². The Morgan fingerprint density at radius 1 is 1.15 bits per heavy atom. The molecule has 7 heteroatoms. The zero-order valence-corrected chi connectivity index (χ0v) is 15.6. The summed E-state index contributed by atoms with van der Waals surface area (Å²) < 4.78 is 11.0. The van der Waals surface area contributed by atoms with Crippen LogP contribution in [0.1, 0.15) is 18.4 Å². The highest BCUT2D eigenvalue weighted by atomic mass is 35.5. The lowest BCUT2D eigenvalue weighted by atomic mass is 9.90. The van der Waals surface area contributed by atoms with Crippen molar-refractivity contribution in [2.45, 2.75) is 24.9 Å². The molecule has 0 atom stereocenters. The van der Waals surface area contributed by atoms with E-state index in [4.69, 9.17) is 38.4 Å². The Hall–Kier alpha value is -1.79. The van der Waals surface area contributed by atoms with E-state index < -0.39 is 5.54 Å². The first kappa shape index (κ1) is 19.0. The molecule has 2 aromatic carbocycles. The summed E-state index contributed by atoms with van der Waals surface area (Å²) >= 11 is 12.1. The van der Waals surface area contributed by atoms with E-state index in [1.807, 2.05) is 24.3 Å². The summed E-state index contributed by atoms with van der Waals surface area (Å²) in [7, 11) is 0. The van der Waals surface area contributed by atoms with Crippen LogP contribution in [-0.2, 0) is 16.1 Å². The summed E-state index contributed by atoms with van der Waals surface area (Å²) in [5.74, 6) is 0.973. The standard InChI is InChI=1S/C19H20Cl2N2O3/c20-15-2-1-3-16(17(15)21)26-14-6-4-13(5-7-14)12-23-18(24)19(22)8-10-25-11-9-19/h1-7H,8-12,22H2,(H,23,24). The highest BCUT2D eigenvalue weighted by molar-refractivity contribution is 6.42. The SMILES string of the molecule is NC1(C(=O)NCc2ccc(Oc3cccc(Cl)c3Cl)cc2)CCOCC1. The highest BCUT2D eigenvalue weighted by Crippen LogP contribution is 2.34. The van der Waals surface area contributed by atoms with E-state index in [0.29, 0.717) is 54.1 Å². The molecule has 1 heterocycles. The Morgan fingerprint density at radius 2 is 1.85 bits per heavy atom. The van der Waals surface area contributed by atoms with Gasteiger partial charge in [-0.1, -0.05) is 41.4 Å². The van der Waals surface area contributed by atoms with Crippen LogP contribution in [0.4, 0.5) is 0 Å². The molecule has 26 heavy (non-hydrogen) atoms. The number of halogens is 2. The number of benzene rings is 2. The Kier molecular flexibility index (Phi) is 6.04. The zero-order valence-electron chi connectivity index (χ0n) is 14.1. The molecular weight excluding hydrogens is 375 g/mol. The van der Waals surface area contributed by atoms with E-state index >= 15 is 0 Å². The van der Waals surface area contributed by atoms with Gasteiger partial charge in [-0.25, -0.2) is 0 Å². The normalized spacial score (nSPS) is 16.1. The second-order valence-electron chi connectivity index (χ2n) is 6.25. The minimum atomic E-state index is -0.843. The molecule has 0 unspecified atom stereocenters. The van der Waals surface area contributed by atoms with E-state index in [1.165, 1.54) is 0 Å². The lowest BCUT2D eigenvalue weighted by Crippen LogP contribution is -2.56. The fraction of sp³-hybridized carbons (Fsp3) is 0.316. The maximum atomic E-state index is 12.3. The molecule has 2 aromatic rings. The van der Waals surface area contributed by atoms with Gasteiger partial charge in [-0.15, -0.1) is 0 Å². The predicted octanol–water partition coefficient (Wildman–Crippen LogP) is 3.91. The largest absolute Gasteiger partial charge is 0.456 e. The van der Waals surface area contributed by atoms with Gasteiger partial charge in [-0.2, -0.15) is 0 Å². The van der Waals surface area contributed by atoms with Crippen LogP contribution >= 0.6 is 23.2 Å². The van der Waals surface area contributed by atoms with Crippen molar-refractivity contribution in [1.29, 1.82) is 0 Å². The molecule has 5 nitrogen and oxygen atoms in total. The van der Waals surface area contributed by atoms with Crippen molar-refractivity contribution < 1.29 is 14.3 Å². The second kappa shape index (κ2) is 8.27. The van der Waals surface area contributed by atoms with Crippen LogP contribution < -0.4 is 15.8 Å². The van der Waals surface area contributed by atoms with E-state index in [1.54, 1.807) is 18.2 Å². The van der Waals surface area contributed by atoms with Crippen molar-refractivity contribution in [2.75, 3.05) is 13.2 Å². The minimum Gasteiger partial charge on any atom is -0.456 e. The highest BCUT2D eigenvalue weighted by Gasteiger charge is 2.35. The van der Waals surface area contributed by atoms with Gasteiger partial charge in [-0.3, -0.25) is 4.79 Å². The Bertz CT molecular complexity index is 775. The first-order valence-electron chi connectivity index (χ1n) is 8.34. The third kappa shape index (κ3) is 4.48. The molecule has 0 spiro atoms. The van der Waals surface area contributed by atoms with Crippen molar-refractivity contribution in [3.63, 3.8) is 0 Å². The van der Waals surface area contributed by atoms with Crippen molar-refractivity contribution >= 4 is 29.1 Å². The summed E-state index contributed by atoms with van der Waals surface area (Å²) in [6.07, 6.45) is 1.07. The van der Waals surface area contributed by atoms with Gasteiger partial charge in [0.05, 0.1) is 10.6 Å². The molecule has 1 amide bonds. The van der Waals surface area contributed by atoms with E-state index in [9.17, 15) is 4.79 Å². The number of ether oxygens (including phenoxy) is 2. The van der Waals surface area contributed by atoms with Crippen molar-refractivity contribution in [3.05, 3.63) is 58.1 Å². The van der Waals surface area contributed by atoms with Crippen LogP contribution in [0.5, 0.6) is 11.5 Å². The van der Waals surface area contributed by atoms with Crippen LogP contribution in [0.15, 0.2) is 42.5 Å². The van der Waals surface area contributed by atoms with Gasteiger partial charge in [0, 0.05) is 19.8 Å². The predicted molar refractivity (Wildman–Crippen MR) is 102 cm³/mol. The maximum absolute atomic E-state index is 12.3. The van der Waals surface area contributed by atoms with Gasteiger partial charge in [-0.05, 0) is 42.7 Å². The Morgan fingerprint density at radius 3 is 2.54 bits per heavy atom. The minimum absolute atomic E-state index is 0.146. The first-order chi connectivity index (χ1) is 12.5. The van der Waals surface area contributed by atoms with Gasteiger partial charge in [0.15, 0.2) is 0 Å². The molecule has 1 aliphatic heterocycles. The zero-order chi connectivity index (χ0) is 18.6. The number of amides is 1. The van der Waals surface area contributed by atoms with Gasteiger partial charge >= 0.3 is 0 Å². The van der Waals surface area contributed by atoms with Gasteiger partial charge in [0.1, 0.15) is 16.5 Å². The molecule has 138 valence electrons. The van der Waals surface area contributed by atoms with Gasteiger partial charge in [0.25, 0.3) is 0 Å².